The average Bonchev–Trinajstić information content (AvgIpc) is 2.82. The molecule has 1 aliphatic heterocycles. The summed E-state index contributed by atoms with van der Waals surface area (Å²) in [4.78, 5) is 0. The van der Waals surface area contributed by atoms with Crippen molar-refractivity contribution in [1.29, 1.82) is 0 Å². The molecular weight excluding hydrogens is 290 g/mol. The molecule has 0 saturated carbocycles. The van der Waals surface area contributed by atoms with Crippen LogP contribution in [0.25, 0.3) is 0 Å². The van der Waals surface area contributed by atoms with E-state index in [2.05, 4.69) is 54.2 Å². The minimum atomic E-state index is 0.379. The molecule has 0 fully saturated rings. The second kappa shape index (κ2) is 6.07. The number of benzene rings is 1. The maximum atomic E-state index is 5.85. The molecule has 2 unspecified atom stereocenters. The molecule has 1 aromatic carbocycles. The normalized spacial score (nSPS) is 17.1. The molecular formula is C15H22BrNO. The third-order valence-electron chi connectivity index (χ3n) is 3.75. The van der Waals surface area contributed by atoms with Gasteiger partial charge in [0.05, 0.1) is 6.61 Å². The zero-order valence-electron chi connectivity index (χ0n) is 11.4. The van der Waals surface area contributed by atoms with Gasteiger partial charge in [0.15, 0.2) is 0 Å². The topological polar surface area (TPSA) is 21.3 Å². The molecule has 2 nitrogen and oxygen atoms in total. The quantitative estimate of drug-likeness (QED) is 0.884. The van der Waals surface area contributed by atoms with Gasteiger partial charge in [-0.25, -0.2) is 0 Å². The van der Waals surface area contributed by atoms with Crippen molar-refractivity contribution >= 4 is 15.9 Å². The van der Waals surface area contributed by atoms with E-state index in [0.717, 1.165) is 29.8 Å². The Hall–Kier alpha value is -0.540. The van der Waals surface area contributed by atoms with Gasteiger partial charge in [-0.2, -0.15) is 0 Å². The van der Waals surface area contributed by atoms with Crippen molar-refractivity contribution < 1.29 is 4.74 Å². The van der Waals surface area contributed by atoms with Crippen LogP contribution in [0, 0.1) is 5.92 Å². The molecule has 3 heteroatoms. The number of hydrogen-bond acceptors (Lipinski definition) is 2. The minimum absolute atomic E-state index is 0.379. The molecule has 0 saturated heterocycles. The first-order chi connectivity index (χ1) is 8.67. The Morgan fingerprint density at radius 1 is 1.39 bits per heavy atom. The summed E-state index contributed by atoms with van der Waals surface area (Å²) in [6.07, 6.45) is 2.19. The molecule has 18 heavy (non-hydrogen) atoms. The maximum Gasteiger partial charge on any atom is 0.127 e. The van der Waals surface area contributed by atoms with Crippen molar-refractivity contribution in [2.45, 2.75) is 39.7 Å². The van der Waals surface area contributed by atoms with Gasteiger partial charge in [0.2, 0.25) is 0 Å². The lowest BCUT2D eigenvalue weighted by molar-refractivity contribution is 0.331. The second-order valence-corrected chi connectivity index (χ2v) is 5.92. The van der Waals surface area contributed by atoms with Crippen molar-refractivity contribution in [3.63, 3.8) is 0 Å². The van der Waals surface area contributed by atoms with Gasteiger partial charge in [0.1, 0.15) is 5.75 Å². The first-order valence-corrected chi connectivity index (χ1v) is 7.65. The Balaban J connectivity index is 2.40. The smallest absolute Gasteiger partial charge is 0.127 e. The fraction of sp³-hybridized carbons (Fsp3) is 0.600. The van der Waals surface area contributed by atoms with Crippen LogP contribution in [-0.4, -0.2) is 13.2 Å². The van der Waals surface area contributed by atoms with E-state index in [1.165, 1.54) is 17.5 Å². The van der Waals surface area contributed by atoms with E-state index >= 15 is 0 Å². The van der Waals surface area contributed by atoms with Gasteiger partial charge in [-0.3, -0.25) is 0 Å². The summed E-state index contributed by atoms with van der Waals surface area (Å²) in [6.45, 7) is 8.51. The predicted molar refractivity (Wildman–Crippen MR) is 79.2 cm³/mol. The largest absolute Gasteiger partial charge is 0.493 e. The zero-order chi connectivity index (χ0) is 13.1. The summed E-state index contributed by atoms with van der Waals surface area (Å²) in [5, 5.41) is 3.61. The number of rotatable bonds is 5. The van der Waals surface area contributed by atoms with Gasteiger partial charge >= 0.3 is 0 Å². The predicted octanol–water partition coefficient (Wildman–Crippen LogP) is 4.08. The van der Waals surface area contributed by atoms with E-state index in [4.69, 9.17) is 4.74 Å². The molecule has 0 aromatic heterocycles. The standard InChI is InChI=1S/C15H22BrNO/c1-4-10(3)14(17-5-2)13-9-12(16)8-11-6-7-18-15(11)13/h8-10,14,17H,4-7H2,1-3H3. The summed E-state index contributed by atoms with van der Waals surface area (Å²) < 4.78 is 7.01. The van der Waals surface area contributed by atoms with Crippen LogP contribution >= 0.6 is 15.9 Å². The summed E-state index contributed by atoms with van der Waals surface area (Å²) in [5.74, 6) is 1.72. The second-order valence-electron chi connectivity index (χ2n) is 5.00. The first kappa shape index (κ1) is 13.9. The van der Waals surface area contributed by atoms with Gasteiger partial charge in [0.25, 0.3) is 0 Å². The summed E-state index contributed by atoms with van der Waals surface area (Å²) in [7, 11) is 0. The van der Waals surface area contributed by atoms with Crippen molar-refractivity contribution in [1.82, 2.24) is 5.32 Å². The minimum Gasteiger partial charge on any atom is -0.493 e. The van der Waals surface area contributed by atoms with Crippen LogP contribution in [0.15, 0.2) is 16.6 Å². The van der Waals surface area contributed by atoms with Crippen LogP contribution in [0.3, 0.4) is 0 Å². The van der Waals surface area contributed by atoms with Crippen LogP contribution < -0.4 is 10.1 Å². The van der Waals surface area contributed by atoms with E-state index in [9.17, 15) is 0 Å². The van der Waals surface area contributed by atoms with Gasteiger partial charge in [-0.05, 0) is 30.2 Å². The summed E-state index contributed by atoms with van der Waals surface area (Å²) >= 11 is 3.62. The fourth-order valence-corrected chi connectivity index (χ4v) is 3.13. The summed E-state index contributed by atoms with van der Waals surface area (Å²) in [5.41, 5.74) is 2.65. The molecule has 0 amide bonds. The van der Waals surface area contributed by atoms with Crippen molar-refractivity contribution in [2.24, 2.45) is 5.92 Å². The highest BCUT2D eigenvalue weighted by molar-refractivity contribution is 9.10. The number of ether oxygens (including phenoxy) is 1. The molecule has 1 aromatic rings. The maximum absolute atomic E-state index is 5.85. The van der Waals surface area contributed by atoms with Gasteiger partial charge in [-0.1, -0.05) is 43.1 Å². The number of fused-ring (bicyclic) bond motifs is 1. The van der Waals surface area contributed by atoms with Crippen LogP contribution in [0.5, 0.6) is 5.75 Å². The third-order valence-corrected chi connectivity index (χ3v) is 4.21. The Kier molecular flexibility index (Phi) is 4.68. The molecule has 1 aliphatic rings. The highest BCUT2D eigenvalue weighted by Gasteiger charge is 2.25. The Morgan fingerprint density at radius 3 is 2.83 bits per heavy atom. The lowest BCUT2D eigenvalue weighted by atomic mass is 9.90. The molecule has 0 radical (unpaired) electrons. The van der Waals surface area contributed by atoms with E-state index in [1.54, 1.807) is 0 Å². The number of hydrogen-bond donors (Lipinski definition) is 1. The Morgan fingerprint density at radius 2 is 2.17 bits per heavy atom. The van der Waals surface area contributed by atoms with Gasteiger partial charge < -0.3 is 10.1 Å². The number of nitrogens with one attached hydrogen (secondary N) is 1. The summed E-state index contributed by atoms with van der Waals surface area (Å²) in [6, 6.07) is 4.78. The monoisotopic (exact) mass is 311 g/mol. The molecule has 1 N–H and O–H groups in total. The molecule has 0 spiro atoms. The molecule has 0 aliphatic carbocycles. The van der Waals surface area contributed by atoms with Crippen molar-refractivity contribution in [3.8, 4) is 5.75 Å². The molecule has 100 valence electrons. The van der Waals surface area contributed by atoms with E-state index in [1.807, 2.05) is 0 Å². The zero-order valence-corrected chi connectivity index (χ0v) is 13.0. The highest BCUT2D eigenvalue weighted by atomic mass is 79.9. The van der Waals surface area contributed by atoms with Crippen LogP contribution in [0.1, 0.15) is 44.4 Å². The van der Waals surface area contributed by atoms with Crippen molar-refractivity contribution in [2.75, 3.05) is 13.2 Å². The third kappa shape index (κ3) is 2.72. The van der Waals surface area contributed by atoms with E-state index in [0.29, 0.717) is 12.0 Å². The molecule has 1 heterocycles. The lowest BCUT2D eigenvalue weighted by Gasteiger charge is -2.26. The van der Waals surface area contributed by atoms with Crippen LogP contribution in [0.2, 0.25) is 0 Å². The lowest BCUT2D eigenvalue weighted by Crippen LogP contribution is -2.27. The Labute approximate surface area is 118 Å². The van der Waals surface area contributed by atoms with Crippen LogP contribution in [-0.2, 0) is 6.42 Å². The van der Waals surface area contributed by atoms with Gasteiger partial charge in [-0.15, -0.1) is 0 Å². The van der Waals surface area contributed by atoms with Crippen molar-refractivity contribution in [3.05, 3.63) is 27.7 Å². The first-order valence-electron chi connectivity index (χ1n) is 6.85. The molecule has 0 bridgehead atoms. The average molecular weight is 312 g/mol. The number of halogens is 1. The fourth-order valence-electron chi connectivity index (χ4n) is 2.60. The molecule has 2 atom stereocenters. The van der Waals surface area contributed by atoms with Crippen LogP contribution in [0.4, 0.5) is 0 Å². The van der Waals surface area contributed by atoms with E-state index < -0.39 is 0 Å². The highest BCUT2D eigenvalue weighted by Crippen LogP contribution is 2.39. The van der Waals surface area contributed by atoms with Gasteiger partial charge in [0, 0.05) is 22.5 Å². The Bertz CT molecular complexity index is 419. The SMILES string of the molecule is CCNC(c1cc(Br)cc2c1OCC2)C(C)CC. The van der Waals surface area contributed by atoms with E-state index in [-0.39, 0.29) is 0 Å². The molecule has 2 rings (SSSR count).